The van der Waals surface area contributed by atoms with Crippen LogP contribution in [0.2, 0.25) is 0 Å². The standard InChI is InChI=1S/C20H24N2O4S/c1-14(2)27(25,26)21-13-20(3,24)16-8-10-17(11-9-16)22-18-7-5-4-6-15(18)12-19(22)23/h4-11,14,21,24H,12-13H2,1-3H3. The lowest BCUT2D eigenvalue weighted by atomic mass is 9.96. The summed E-state index contributed by atoms with van der Waals surface area (Å²) in [7, 11) is -3.46. The second kappa shape index (κ2) is 7.07. The summed E-state index contributed by atoms with van der Waals surface area (Å²) in [6.07, 6.45) is 0.368. The molecule has 6 nitrogen and oxygen atoms in total. The highest BCUT2D eigenvalue weighted by Crippen LogP contribution is 2.35. The number of fused-ring (bicyclic) bond motifs is 1. The molecule has 2 N–H and O–H groups in total. The zero-order chi connectivity index (χ0) is 19.8. The Morgan fingerprint density at radius 1 is 1.15 bits per heavy atom. The Bertz CT molecular complexity index is 950. The molecule has 2 aromatic carbocycles. The van der Waals surface area contributed by atoms with Gasteiger partial charge in [0.15, 0.2) is 0 Å². The monoisotopic (exact) mass is 388 g/mol. The van der Waals surface area contributed by atoms with Gasteiger partial charge in [0, 0.05) is 12.2 Å². The number of nitrogens with zero attached hydrogens (tertiary/aromatic N) is 1. The summed E-state index contributed by atoms with van der Waals surface area (Å²) >= 11 is 0. The van der Waals surface area contributed by atoms with Crippen molar-refractivity contribution in [2.24, 2.45) is 0 Å². The van der Waals surface area contributed by atoms with Crippen LogP contribution in [0.5, 0.6) is 0 Å². The minimum absolute atomic E-state index is 0.000374. The summed E-state index contributed by atoms with van der Waals surface area (Å²) in [4.78, 5) is 14.1. The first kappa shape index (κ1) is 19.5. The van der Waals surface area contributed by atoms with Gasteiger partial charge < -0.3 is 5.11 Å². The van der Waals surface area contributed by atoms with Crippen molar-refractivity contribution in [3.05, 3.63) is 59.7 Å². The molecular formula is C20H24N2O4S. The number of para-hydroxylation sites is 1. The van der Waals surface area contributed by atoms with Gasteiger partial charge in [-0.1, -0.05) is 30.3 Å². The van der Waals surface area contributed by atoms with E-state index < -0.39 is 20.9 Å². The zero-order valence-electron chi connectivity index (χ0n) is 15.6. The number of carbonyl (C=O) groups excluding carboxylic acids is 1. The smallest absolute Gasteiger partial charge is 0.236 e. The predicted molar refractivity (Wildman–Crippen MR) is 105 cm³/mol. The van der Waals surface area contributed by atoms with Crippen molar-refractivity contribution in [3.63, 3.8) is 0 Å². The summed E-state index contributed by atoms with van der Waals surface area (Å²) in [6, 6.07) is 14.6. The van der Waals surface area contributed by atoms with Gasteiger partial charge in [-0.15, -0.1) is 0 Å². The number of carbonyl (C=O) groups is 1. The fourth-order valence-corrected chi connectivity index (χ4v) is 3.83. The fraction of sp³-hybridized carbons (Fsp3) is 0.350. The maximum absolute atomic E-state index is 12.4. The van der Waals surface area contributed by atoms with E-state index in [4.69, 9.17) is 0 Å². The van der Waals surface area contributed by atoms with Gasteiger partial charge in [0.05, 0.1) is 17.4 Å². The Labute approximate surface area is 159 Å². The molecule has 0 radical (unpaired) electrons. The third-order valence-corrected chi connectivity index (χ3v) is 6.60. The van der Waals surface area contributed by atoms with Crippen molar-refractivity contribution in [2.45, 2.75) is 38.0 Å². The largest absolute Gasteiger partial charge is 0.384 e. The number of sulfonamides is 1. The number of nitrogens with one attached hydrogen (secondary N) is 1. The number of hydrogen-bond acceptors (Lipinski definition) is 4. The minimum Gasteiger partial charge on any atom is -0.384 e. The van der Waals surface area contributed by atoms with Crippen molar-refractivity contribution in [1.29, 1.82) is 0 Å². The van der Waals surface area contributed by atoms with E-state index in [0.717, 1.165) is 11.3 Å². The first-order valence-electron chi connectivity index (χ1n) is 8.84. The molecule has 0 spiro atoms. The molecule has 0 fully saturated rings. The molecule has 27 heavy (non-hydrogen) atoms. The van der Waals surface area contributed by atoms with E-state index in [1.165, 1.54) is 0 Å². The molecule has 0 aromatic heterocycles. The maximum atomic E-state index is 12.4. The molecule has 1 aliphatic heterocycles. The van der Waals surface area contributed by atoms with E-state index in [1.54, 1.807) is 49.9 Å². The van der Waals surface area contributed by atoms with Gasteiger partial charge in [0.1, 0.15) is 5.60 Å². The molecule has 1 aliphatic rings. The molecule has 1 amide bonds. The lowest BCUT2D eigenvalue weighted by Gasteiger charge is -2.26. The highest BCUT2D eigenvalue weighted by atomic mass is 32.2. The first-order valence-corrected chi connectivity index (χ1v) is 10.4. The van der Waals surface area contributed by atoms with Gasteiger partial charge in [-0.05, 0) is 50.1 Å². The van der Waals surface area contributed by atoms with Gasteiger partial charge in [0.25, 0.3) is 0 Å². The highest BCUT2D eigenvalue weighted by Gasteiger charge is 2.30. The predicted octanol–water partition coefficient (Wildman–Crippen LogP) is 2.44. The van der Waals surface area contributed by atoms with Crippen molar-refractivity contribution < 1.29 is 18.3 Å². The molecule has 1 atom stereocenters. The molecule has 1 heterocycles. The molecular weight excluding hydrogens is 364 g/mol. The summed E-state index contributed by atoms with van der Waals surface area (Å²) in [5.41, 5.74) is 1.77. The molecule has 1 unspecified atom stereocenters. The third kappa shape index (κ3) is 3.90. The Morgan fingerprint density at radius 3 is 2.41 bits per heavy atom. The Balaban J connectivity index is 1.80. The molecule has 0 bridgehead atoms. The van der Waals surface area contributed by atoms with Crippen LogP contribution in [0.1, 0.15) is 31.9 Å². The van der Waals surface area contributed by atoms with E-state index >= 15 is 0 Å². The average molecular weight is 388 g/mol. The SMILES string of the molecule is CC(C)S(=O)(=O)NCC(C)(O)c1ccc(N2C(=O)Cc3ccccc32)cc1. The van der Waals surface area contributed by atoms with E-state index in [1.807, 2.05) is 24.3 Å². The second-order valence-corrected chi connectivity index (χ2v) is 9.59. The normalized spacial score (nSPS) is 16.5. The van der Waals surface area contributed by atoms with E-state index in [9.17, 15) is 18.3 Å². The highest BCUT2D eigenvalue weighted by molar-refractivity contribution is 7.90. The van der Waals surface area contributed by atoms with Gasteiger partial charge >= 0.3 is 0 Å². The number of amides is 1. The van der Waals surface area contributed by atoms with Gasteiger partial charge in [-0.25, -0.2) is 13.1 Å². The number of hydrogen-bond donors (Lipinski definition) is 2. The molecule has 7 heteroatoms. The average Bonchev–Trinajstić information content (AvgIpc) is 2.96. The maximum Gasteiger partial charge on any atom is 0.236 e. The van der Waals surface area contributed by atoms with Crippen molar-refractivity contribution in [2.75, 3.05) is 11.4 Å². The van der Waals surface area contributed by atoms with Crippen LogP contribution in [0, 0.1) is 0 Å². The number of anilines is 2. The van der Waals surface area contributed by atoms with Crippen LogP contribution >= 0.6 is 0 Å². The summed E-state index contributed by atoms with van der Waals surface area (Å²) < 4.78 is 26.3. The second-order valence-electron chi connectivity index (χ2n) is 7.27. The van der Waals surface area contributed by atoms with Crippen molar-refractivity contribution in [3.8, 4) is 0 Å². The summed E-state index contributed by atoms with van der Waals surface area (Å²) in [6.45, 7) is 4.59. The van der Waals surface area contributed by atoms with Crippen LogP contribution in [0.3, 0.4) is 0 Å². The van der Waals surface area contributed by atoms with Crippen LogP contribution in [0.15, 0.2) is 48.5 Å². The molecule has 0 aliphatic carbocycles. The number of benzene rings is 2. The first-order chi connectivity index (χ1) is 12.6. The molecule has 3 rings (SSSR count). The molecule has 0 saturated heterocycles. The van der Waals surface area contributed by atoms with Crippen LogP contribution in [-0.2, 0) is 26.8 Å². The number of aliphatic hydroxyl groups is 1. The summed E-state index contributed by atoms with van der Waals surface area (Å²) in [5.74, 6) is 0.000374. The lowest BCUT2D eigenvalue weighted by Crippen LogP contribution is -2.41. The quantitative estimate of drug-likeness (QED) is 0.796. The van der Waals surface area contributed by atoms with Crippen LogP contribution in [0.4, 0.5) is 11.4 Å². The zero-order valence-corrected chi connectivity index (χ0v) is 16.5. The van der Waals surface area contributed by atoms with Crippen molar-refractivity contribution in [1.82, 2.24) is 4.72 Å². The van der Waals surface area contributed by atoms with E-state index in [0.29, 0.717) is 17.7 Å². The fourth-order valence-electron chi connectivity index (χ4n) is 3.02. The minimum atomic E-state index is -3.46. The topological polar surface area (TPSA) is 86.7 Å². The lowest BCUT2D eigenvalue weighted by molar-refractivity contribution is -0.116. The van der Waals surface area contributed by atoms with Crippen LogP contribution < -0.4 is 9.62 Å². The van der Waals surface area contributed by atoms with Crippen molar-refractivity contribution >= 4 is 27.3 Å². The van der Waals surface area contributed by atoms with Crippen LogP contribution in [0.25, 0.3) is 0 Å². The van der Waals surface area contributed by atoms with Gasteiger partial charge in [-0.3, -0.25) is 9.69 Å². The molecule has 2 aromatic rings. The van der Waals surface area contributed by atoms with Gasteiger partial charge in [-0.2, -0.15) is 0 Å². The van der Waals surface area contributed by atoms with E-state index in [-0.39, 0.29) is 12.5 Å². The Hall–Kier alpha value is -2.22. The van der Waals surface area contributed by atoms with Crippen LogP contribution in [-0.4, -0.2) is 31.2 Å². The number of rotatable bonds is 6. The third-order valence-electron chi connectivity index (χ3n) is 4.81. The van der Waals surface area contributed by atoms with Gasteiger partial charge in [0.2, 0.25) is 15.9 Å². The molecule has 144 valence electrons. The van der Waals surface area contributed by atoms with E-state index in [2.05, 4.69) is 4.72 Å². The molecule has 0 saturated carbocycles. The Kier molecular flexibility index (Phi) is 5.12. The Morgan fingerprint density at radius 2 is 1.78 bits per heavy atom. The summed E-state index contributed by atoms with van der Waals surface area (Å²) in [5, 5.41) is 10.1.